The number of rotatable bonds is 6. The quantitative estimate of drug-likeness (QED) is 0.304. The fraction of sp³-hybridized carbons (Fsp3) is 0.700. The Morgan fingerprint density at radius 3 is 2.11 bits per heavy atom. The number of carboxylic acids is 2. The first-order valence-electron chi connectivity index (χ1n) is 5.15. The zero-order valence-electron chi connectivity index (χ0n) is 10.8. The minimum Gasteiger partial charge on any atom is -0.481 e. The summed E-state index contributed by atoms with van der Waals surface area (Å²) in [7, 11) is 0. The lowest BCUT2D eigenvalue weighted by atomic mass is 10.1. The minimum atomic E-state index is -1.16. The van der Waals surface area contributed by atoms with Crippen molar-refractivity contribution in [2.75, 3.05) is 18.1 Å². The van der Waals surface area contributed by atoms with Gasteiger partial charge in [0.2, 0.25) is 0 Å². The molecule has 0 saturated heterocycles. The fourth-order valence-electron chi connectivity index (χ4n) is 0.632. The molecule has 0 heterocycles. The summed E-state index contributed by atoms with van der Waals surface area (Å²) < 4.78 is 0. The van der Waals surface area contributed by atoms with E-state index in [1.807, 2.05) is 0 Å². The number of hydrogen-bond donors (Lipinski definition) is 4. The smallest absolute Gasteiger partial charge is 0.324 e. The molecule has 0 saturated carbocycles. The first kappa shape index (κ1) is 19.1. The number of amidine groups is 1. The molecule has 106 valence electrons. The van der Waals surface area contributed by atoms with Gasteiger partial charge in [0.1, 0.15) is 5.54 Å². The maximum Gasteiger partial charge on any atom is 0.324 e. The number of carbonyl (C=O) groups is 2. The largest absolute Gasteiger partial charge is 0.481 e. The van der Waals surface area contributed by atoms with E-state index in [9.17, 15) is 4.79 Å². The third-order valence-corrected chi connectivity index (χ3v) is 2.76. The van der Waals surface area contributed by atoms with E-state index in [-0.39, 0.29) is 0 Å². The van der Waals surface area contributed by atoms with Crippen molar-refractivity contribution >= 4 is 29.5 Å². The molecule has 0 aromatic carbocycles. The molecular formula is C10H21N3O4S. The van der Waals surface area contributed by atoms with Crippen molar-refractivity contribution in [2.45, 2.75) is 26.3 Å². The highest BCUT2D eigenvalue weighted by Gasteiger charge is 2.27. The van der Waals surface area contributed by atoms with Crippen LogP contribution < -0.4 is 11.5 Å². The summed E-state index contributed by atoms with van der Waals surface area (Å²) in [6.45, 7) is 4.90. The maximum atomic E-state index is 10.6. The Balaban J connectivity index is 0. The first-order chi connectivity index (χ1) is 8.09. The normalized spacial score (nSPS) is 14.1. The number of aliphatic carboxylic acids is 2. The maximum absolute atomic E-state index is 10.6. The van der Waals surface area contributed by atoms with Gasteiger partial charge in [-0.25, -0.2) is 0 Å². The van der Waals surface area contributed by atoms with Gasteiger partial charge in [-0.2, -0.15) is 11.8 Å². The van der Waals surface area contributed by atoms with E-state index in [4.69, 9.17) is 26.5 Å². The van der Waals surface area contributed by atoms with Crippen LogP contribution in [0.5, 0.6) is 0 Å². The van der Waals surface area contributed by atoms with Crippen LogP contribution in [0.4, 0.5) is 0 Å². The predicted octanol–water partition coefficient (Wildman–Crippen LogP) is -0.0104. The molecule has 0 fully saturated rings. The van der Waals surface area contributed by atoms with Crippen LogP contribution in [-0.4, -0.2) is 51.6 Å². The molecule has 0 aromatic heterocycles. The zero-order valence-corrected chi connectivity index (χ0v) is 11.7. The van der Waals surface area contributed by atoms with Crippen LogP contribution in [0, 0.1) is 0 Å². The topological polar surface area (TPSA) is 139 Å². The highest BCUT2D eigenvalue weighted by molar-refractivity contribution is 7.99. The van der Waals surface area contributed by atoms with E-state index >= 15 is 0 Å². The van der Waals surface area contributed by atoms with E-state index < -0.39 is 17.5 Å². The highest BCUT2D eigenvalue weighted by atomic mass is 32.2. The molecule has 8 heteroatoms. The van der Waals surface area contributed by atoms with E-state index in [1.165, 1.54) is 18.7 Å². The van der Waals surface area contributed by atoms with E-state index in [1.54, 1.807) is 6.92 Å². The van der Waals surface area contributed by atoms with E-state index in [0.717, 1.165) is 12.7 Å². The fourth-order valence-corrected chi connectivity index (χ4v) is 1.54. The van der Waals surface area contributed by atoms with Crippen LogP contribution in [0.1, 0.15) is 20.8 Å². The lowest BCUT2D eigenvalue weighted by molar-refractivity contribution is -0.141. The van der Waals surface area contributed by atoms with Gasteiger partial charge in [0.25, 0.3) is 5.97 Å². The number of hydrogen-bond acceptors (Lipinski definition) is 5. The van der Waals surface area contributed by atoms with Crippen molar-refractivity contribution in [1.29, 1.82) is 0 Å². The Labute approximate surface area is 111 Å². The van der Waals surface area contributed by atoms with Gasteiger partial charge < -0.3 is 21.7 Å². The standard InChI is InChI=1S/C8H17N3O2S.C2H4O2/c1-6(9)11-3-4-14-5-8(2,10)7(12)13;1-2(3)4/h3-5,10H2,1-2H3,(H2,9,11)(H,12,13);1H3,(H,3,4)/t8-;/m1./s1. The molecule has 0 unspecified atom stereocenters. The van der Waals surface area contributed by atoms with Gasteiger partial charge in [-0.05, 0) is 13.8 Å². The van der Waals surface area contributed by atoms with Crippen LogP contribution in [0.2, 0.25) is 0 Å². The van der Waals surface area contributed by atoms with Crippen LogP contribution in [0.15, 0.2) is 4.99 Å². The van der Waals surface area contributed by atoms with Gasteiger partial charge in [0, 0.05) is 25.0 Å². The Morgan fingerprint density at radius 1 is 1.33 bits per heavy atom. The number of thioether (sulfide) groups is 1. The van der Waals surface area contributed by atoms with E-state index in [0.29, 0.717) is 18.1 Å². The van der Waals surface area contributed by atoms with Crippen LogP contribution in [-0.2, 0) is 9.59 Å². The van der Waals surface area contributed by atoms with Crippen LogP contribution in [0.3, 0.4) is 0 Å². The number of nitrogens with zero attached hydrogens (tertiary/aromatic N) is 1. The third kappa shape index (κ3) is 14.7. The second-order valence-electron chi connectivity index (χ2n) is 3.82. The molecule has 7 nitrogen and oxygen atoms in total. The van der Waals surface area contributed by atoms with Crippen molar-refractivity contribution in [2.24, 2.45) is 16.5 Å². The molecule has 1 atom stereocenters. The molecule has 0 aliphatic heterocycles. The van der Waals surface area contributed by atoms with Gasteiger partial charge in [-0.3, -0.25) is 14.6 Å². The Kier molecular flexibility index (Phi) is 10.3. The van der Waals surface area contributed by atoms with E-state index in [2.05, 4.69) is 4.99 Å². The monoisotopic (exact) mass is 279 g/mol. The van der Waals surface area contributed by atoms with Gasteiger partial charge in [0.15, 0.2) is 0 Å². The number of carboxylic acid groups (broad SMARTS) is 2. The summed E-state index contributed by atoms with van der Waals surface area (Å²) in [5.74, 6) is -0.168. The number of aliphatic imine (C=N–C) groups is 1. The average Bonchev–Trinajstić information content (AvgIpc) is 2.15. The summed E-state index contributed by atoms with van der Waals surface area (Å²) in [6, 6.07) is 0. The predicted molar refractivity (Wildman–Crippen MR) is 73.0 cm³/mol. The molecule has 18 heavy (non-hydrogen) atoms. The second kappa shape index (κ2) is 9.72. The first-order valence-corrected chi connectivity index (χ1v) is 6.31. The van der Waals surface area contributed by atoms with Crippen molar-refractivity contribution in [3.05, 3.63) is 0 Å². The van der Waals surface area contributed by atoms with Gasteiger partial charge >= 0.3 is 5.97 Å². The second-order valence-corrected chi connectivity index (χ2v) is 4.92. The Morgan fingerprint density at radius 2 is 1.78 bits per heavy atom. The molecular weight excluding hydrogens is 258 g/mol. The Hall–Kier alpha value is -1.28. The molecule has 0 amide bonds. The highest BCUT2D eigenvalue weighted by Crippen LogP contribution is 2.10. The third-order valence-electron chi connectivity index (χ3n) is 1.49. The summed E-state index contributed by atoms with van der Waals surface area (Å²) in [6.07, 6.45) is 0. The number of nitrogens with two attached hydrogens (primary N) is 2. The molecule has 0 aliphatic rings. The van der Waals surface area contributed by atoms with Crippen LogP contribution >= 0.6 is 11.8 Å². The molecule has 0 radical (unpaired) electrons. The average molecular weight is 279 g/mol. The van der Waals surface area contributed by atoms with Crippen LogP contribution in [0.25, 0.3) is 0 Å². The SMILES string of the molecule is CC(=O)O.CC(N)=NCCSC[C@@](C)(N)C(=O)O. The zero-order chi connectivity index (χ0) is 14.8. The molecule has 0 bridgehead atoms. The van der Waals surface area contributed by atoms with Crippen molar-refractivity contribution in [3.8, 4) is 0 Å². The molecule has 6 N–H and O–H groups in total. The summed E-state index contributed by atoms with van der Waals surface area (Å²) in [5.41, 5.74) is 9.69. The van der Waals surface area contributed by atoms with Gasteiger partial charge in [-0.15, -0.1) is 0 Å². The lowest BCUT2D eigenvalue weighted by Gasteiger charge is -2.17. The molecule has 0 aromatic rings. The van der Waals surface area contributed by atoms with Crippen molar-refractivity contribution < 1.29 is 19.8 Å². The molecule has 0 rings (SSSR count). The van der Waals surface area contributed by atoms with Crippen molar-refractivity contribution in [1.82, 2.24) is 0 Å². The minimum absolute atomic E-state index is 0.376. The Bertz CT molecular complexity index is 297. The molecule has 0 aliphatic carbocycles. The van der Waals surface area contributed by atoms with Gasteiger partial charge in [0.05, 0.1) is 5.84 Å². The summed E-state index contributed by atoms with van der Waals surface area (Å²) in [5, 5.41) is 16.1. The van der Waals surface area contributed by atoms with Crippen molar-refractivity contribution in [3.63, 3.8) is 0 Å². The van der Waals surface area contributed by atoms with Gasteiger partial charge in [-0.1, -0.05) is 0 Å². The summed E-state index contributed by atoms with van der Waals surface area (Å²) >= 11 is 1.46. The summed E-state index contributed by atoms with van der Waals surface area (Å²) in [4.78, 5) is 23.6. The lowest BCUT2D eigenvalue weighted by Crippen LogP contribution is -2.47. The molecule has 0 spiro atoms.